The molecule has 0 spiro atoms. The Morgan fingerprint density at radius 1 is 1.14 bits per heavy atom. The molecule has 0 aromatic carbocycles. The molecule has 22 heavy (non-hydrogen) atoms. The number of rotatable bonds is 6. The summed E-state index contributed by atoms with van der Waals surface area (Å²) in [4.78, 5) is 27.3. The first-order valence-electron chi connectivity index (χ1n) is 8.14. The number of carbonyl (C=O) groups is 2. The highest BCUT2D eigenvalue weighted by Crippen LogP contribution is 2.21. The molecule has 3 N–H and O–H groups in total. The van der Waals surface area contributed by atoms with Crippen LogP contribution in [0.5, 0.6) is 0 Å². The van der Waals surface area contributed by atoms with Crippen LogP contribution in [0.2, 0.25) is 0 Å². The molecule has 6 nitrogen and oxygen atoms in total. The molecular formula is C15H29ClN4O2. The number of nitrogens with two attached hydrogens (primary N) is 1. The number of primary amides is 1. The summed E-state index contributed by atoms with van der Waals surface area (Å²) in [6.45, 7) is 6.40. The van der Waals surface area contributed by atoms with E-state index in [1.165, 1.54) is 6.42 Å². The van der Waals surface area contributed by atoms with E-state index in [0.717, 1.165) is 58.7 Å². The number of nitrogens with one attached hydrogen (secondary N) is 1. The number of halogens is 1. The van der Waals surface area contributed by atoms with E-state index < -0.39 is 0 Å². The van der Waals surface area contributed by atoms with Gasteiger partial charge in [0.15, 0.2) is 0 Å². The van der Waals surface area contributed by atoms with Crippen LogP contribution in [0.1, 0.15) is 32.1 Å². The van der Waals surface area contributed by atoms with Crippen molar-refractivity contribution in [2.24, 2.45) is 11.7 Å². The number of piperazine rings is 1. The van der Waals surface area contributed by atoms with Crippen molar-refractivity contribution in [3.8, 4) is 0 Å². The third kappa shape index (κ3) is 6.50. The lowest BCUT2D eigenvalue weighted by Crippen LogP contribution is -2.47. The maximum absolute atomic E-state index is 12.1. The molecule has 2 amide bonds. The minimum absolute atomic E-state index is 0. The van der Waals surface area contributed by atoms with Gasteiger partial charge >= 0.3 is 0 Å². The summed E-state index contributed by atoms with van der Waals surface area (Å²) < 4.78 is 0. The second-order valence-electron chi connectivity index (χ2n) is 6.19. The maximum Gasteiger partial charge on any atom is 0.223 e. The van der Waals surface area contributed by atoms with E-state index in [1.807, 2.05) is 4.90 Å². The van der Waals surface area contributed by atoms with Crippen molar-refractivity contribution < 1.29 is 9.59 Å². The minimum Gasteiger partial charge on any atom is -0.370 e. The topological polar surface area (TPSA) is 78.7 Å². The molecule has 0 radical (unpaired) electrons. The Kier molecular flexibility index (Phi) is 8.75. The molecule has 0 bridgehead atoms. The molecule has 2 fully saturated rings. The van der Waals surface area contributed by atoms with Crippen LogP contribution in [0.25, 0.3) is 0 Å². The van der Waals surface area contributed by atoms with Gasteiger partial charge in [-0.05, 0) is 31.7 Å². The van der Waals surface area contributed by atoms with Crippen LogP contribution in [0, 0.1) is 5.92 Å². The maximum atomic E-state index is 12.1. The lowest BCUT2D eigenvalue weighted by molar-refractivity contribution is -0.132. The Balaban J connectivity index is 0.00000242. The van der Waals surface area contributed by atoms with Crippen LogP contribution in [0.4, 0.5) is 0 Å². The zero-order chi connectivity index (χ0) is 15.1. The van der Waals surface area contributed by atoms with Gasteiger partial charge in [0.05, 0.1) is 0 Å². The molecule has 0 aromatic heterocycles. The molecule has 2 aliphatic rings. The Hall–Kier alpha value is -0.850. The quantitative estimate of drug-likeness (QED) is 0.728. The number of carbonyl (C=O) groups excluding carboxylic acids is 2. The molecule has 0 saturated carbocycles. The first kappa shape index (κ1) is 19.2. The van der Waals surface area contributed by atoms with E-state index in [2.05, 4.69) is 10.2 Å². The van der Waals surface area contributed by atoms with E-state index in [0.29, 0.717) is 18.8 Å². The number of hydrogen-bond donors (Lipinski definition) is 2. The monoisotopic (exact) mass is 332 g/mol. The summed E-state index contributed by atoms with van der Waals surface area (Å²) in [5, 5.41) is 3.26. The normalized spacial score (nSPS) is 22.9. The van der Waals surface area contributed by atoms with Crippen LogP contribution in [-0.2, 0) is 9.59 Å². The molecule has 0 aliphatic carbocycles. The molecule has 2 saturated heterocycles. The fourth-order valence-electron chi connectivity index (χ4n) is 3.26. The van der Waals surface area contributed by atoms with Gasteiger partial charge in [0.2, 0.25) is 11.8 Å². The predicted molar refractivity (Wildman–Crippen MR) is 88.9 cm³/mol. The summed E-state index contributed by atoms with van der Waals surface area (Å²) in [6, 6.07) is 0. The van der Waals surface area contributed by atoms with Gasteiger partial charge in [0, 0.05) is 52.1 Å². The lowest BCUT2D eigenvalue weighted by atomic mass is 9.93. The molecule has 128 valence electrons. The van der Waals surface area contributed by atoms with Crippen molar-refractivity contribution in [2.45, 2.75) is 32.1 Å². The fourth-order valence-corrected chi connectivity index (χ4v) is 3.26. The van der Waals surface area contributed by atoms with Gasteiger partial charge in [-0.15, -0.1) is 12.4 Å². The predicted octanol–water partition coefficient (Wildman–Crippen LogP) is 0.208. The summed E-state index contributed by atoms with van der Waals surface area (Å²) in [5.74, 6) is 0.623. The van der Waals surface area contributed by atoms with E-state index in [-0.39, 0.29) is 24.2 Å². The van der Waals surface area contributed by atoms with E-state index in [4.69, 9.17) is 5.73 Å². The van der Waals surface area contributed by atoms with Gasteiger partial charge < -0.3 is 20.9 Å². The van der Waals surface area contributed by atoms with E-state index in [9.17, 15) is 9.59 Å². The first-order chi connectivity index (χ1) is 10.1. The molecule has 2 rings (SSSR count). The highest BCUT2D eigenvalue weighted by molar-refractivity contribution is 5.85. The van der Waals surface area contributed by atoms with E-state index in [1.54, 1.807) is 0 Å². The van der Waals surface area contributed by atoms with Crippen molar-refractivity contribution >= 4 is 24.2 Å². The SMILES string of the molecule is Cl.NC(=O)CCC1CCCN(CCC(=O)N2CCNCC2)C1. The van der Waals surface area contributed by atoms with Crippen LogP contribution in [0.3, 0.4) is 0 Å². The van der Waals surface area contributed by atoms with Crippen LogP contribution < -0.4 is 11.1 Å². The van der Waals surface area contributed by atoms with Crippen molar-refractivity contribution in [2.75, 3.05) is 45.8 Å². The number of hydrogen-bond acceptors (Lipinski definition) is 4. The summed E-state index contributed by atoms with van der Waals surface area (Å²) in [6.07, 6.45) is 4.32. The third-order valence-electron chi connectivity index (χ3n) is 4.51. The van der Waals surface area contributed by atoms with Crippen molar-refractivity contribution in [3.63, 3.8) is 0 Å². The Morgan fingerprint density at radius 2 is 1.86 bits per heavy atom. The third-order valence-corrected chi connectivity index (χ3v) is 4.51. The summed E-state index contributed by atoms with van der Waals surface area (Å²) in [7, 11) is 0. The van der Waals surface area contributed by atoms with E-state index >= 15 is 0 Å². The van der Waals surface area contributed by atoms with Crippen molar-refractivity contribution in [1.29, 1.82) is 0 Å². The Bertz CT molecular complexity index is 361. The lowest BCUT2D eigenvalue weighted by Gasteiger charge is -2.33. The average Bonchev–Trinajstić information content (AvgIpc) is 2.52. The van der Waals surface area contributed by atoms with Crippen LogP contribution in [-0.4, -0.2) is 67.4 Å². The smallest absolute Gasteiger partial charge is 0.223 e. The highest BCUT2D eigenvalue weighted by Gasteiger charge is 2.22. The highest BCUT2D eigenvalue weighted by atomic mass is 35.5. The Morgan fingerprint density at radius 3 is 2.55 bits per heavy atom. The number of piperidine rings is 1. The first-order valence-corrected chi connectivity index (χ1v) is 8.14. The van der Waals surface area contributed by atoms with Gasteiger partial charge in [-0.3, -0.25) is 9.59 Å². The zero-order valence-electron chi connectivity index (χ0n) is 13.3. The molecule has 2 heterocycles. The molecule has 1 unspecified atom stereocenters. The largest absolute Gasteiger partial charge is 0.370 e. The molecule has 1 atom stereocenters. The van der Waals surface area contributed by atoms with Gasteiger partial charge in [-0.1, -0.05) is 0 Å². The second-order valence-corrected chi connectivity index (χ2v) is 6.19. The van der Waals surface area contributed by atoms with Gasteiger partial charge in [0.25, 0.3) is 0 Å². The summed E-state index contributed by atoms with van der Waals surface area (Å²) in [5.41, 5.74) is 5.22. The van der Waals surface area contributed by atoms with Crippen LogP contribution in [0.15, 0.2) is 0 Å². The van der Waals surface area contributed by atoms with Crippen LogP contribution >= 0.6 is 12.4 Å². The molecule has 2 aliphatic heterocycles. The van der Waals surface area contributed by atoms with Gasteiger partial charge in [-0.25, -0.2) is 0 Å². The molecule has 0 aromatic rings. The fraction of sp³-hybridized carbons (Fsp3) is 0.867. The second kappa shape index (κ2) is 10.0. The molecule has 7 heteroatoms. The standard InChI is InChI=1S/C15H28N4O2.ClH/c16-14(20)4-3-13-2-1-8-18(12-13)9-5-15(21)19-10-6-17-7-11-19;/h13,17H,1-12H2,(H2,16,20);1H. The van der Waals surface area contributed by atoms with Gasteiger partial charge in [0.1, 0.15) is 0 Å². The Labute approximate surface area is 139 Å². The number of amides is 2. The average molecular weight is 333 g/mol. The number of nitrogens with zero attached hydrogens (tertiary/aromatic N) is 2. The molecular weight excluding hydrogens is 304 g/mol. The summed E-state index contributed by atoms with van der Waals surface area (Å²) >= 11 is 0. The van der Waals surface area contributed by atoms with Gasteiger partial charge in [-0.2, -0.15) is 0 Å². The number of likely N-dealkylation sites (tertiary alicyclic amines) is 1. The van der Waals surface area contributed by atoms with Crippen molar-refractivity contribution in [1.82, 2.24) is 15.1 Å². The zero-order valence-corrected chi connectivity index (χ0v) is 14.1. The minimum atomic E-state index is -0.207. The van der Waals surface area contributed by atoms with Crippen molar-refractivity contribution in [3.05, 3.63) is 0 Å².